The van der Waals surface area contributed by atoms with Gasteiger partial charge in [-0.2, -0.15) is 5.26 Å². The first kappa shape index (κ1) is 30.4. The molecule has 69 heavy (non-hydrogen) atoms. The summed E-state index contributed by atoms with van der Waals surface area (Å²) < 4.78 is 150. The number of hydrogen-bond donors (Lipinski definition) is 0. The maximum Gasteiger partial charge on any atom is 0.144 e. The summed E-state index contributed by atoms with van der Waals surface area (Å²) in [5, 5.41) is 11.4. The van der Waals surface area contributed by atoms with Crippen LogP contribution in [0, 0.1) is 11.3 Å². The molecule has 0 N–H and O–H groups in total. The van der Waals surface area contributed by atoms with Crippen molar-refractivity contribution in [2.45, 2.75) is 77.7 Å². The first-order valence-electron chi connectivity index (χ1n) is 30.0. The average Bonchev–Trinajstić information content (AvgIpc) is 1.52. The molecule has 0 saturated carbocycles. The molecule has 5 nitrogen and oxygen atoms in total. The molecule has 0 atom stereocenters. The van der Waals surface area contributed by atoms with Crippen LogP contribution in [0.1, 0.15) is 110 Å². The molecule has 0 bridgehead atoms. The zero-order valence-electron chi connectivity index (χ0n) is 53.4. The van der Waals surface area contributed by atoms with Gasteiger partial charge in [-0.3, -0.25) is 15.0 Å². The van der Waals surface area contributed by atoms with E-state index in [-0.39, 0.29) is 45.1 Å². The van der Waals surface area contributed by atoms with E-state index in [9.17, 15) is 21.7 Å². The molecule has 0 fully saturated rings. The fourth-order valence-electron chi connectivity index (χ4n) is 8.33. The van der Waals surface area contributed by atoms with Crippen LogP contribution in [0.15, 0.2) is 187 Å². The zero-order chi connectivity index (χ0) is 60.7. The van der Waals surface area contributed by atoms with E-state index in [1.54, 1.807) is 72.8 Å². The van der Waals surface area contributed by atoms with Gasteiger partial charge in [0.05, 0.1) is 30.1 Å². The number of benzene rings is 6. The topological polar surface area (TPSA) is 75.6 Å². The summed E-state index contributed by atoms with van der Waals surface area (Å²) in [5.74, 6) is -3.09. The highest BCUT2D eigenvalue weighted by Gasteiger charge is 2.20. The van der Waals surface area contributed by atoms with Gasteiger partial charge in [0.15, 0.2) is 0 Å². The third-order valence-electron chi connectivity index (χ3n) is 11.8. The molecular weight excluding hydrogens is 841 g/mol. The predicted octanol–water partition coefficient (Wildman–Crippen LogP) is 15.9. The van der Waals surface area contributed by atoms with Crippen molar-refractivity contribution in [2.24, 2.45) is 0 Å². The maximum atomic E-state index is 10.2. The van der Waals surface area contributed by atoms with E-state index < -0.39 is 66.7 Å². The Bertz CT molecular complexity index is 4050. The molecule has 0 amide bonds. The summed E-state index contributed by atoms with van der Waals surface area (Å²) in [6, 6.07) is 44.5. The molecule has 10 rings (SSSR count). The zero-order valence-corrected chi connectivity index (χ0v) is 38.4. The third-order valence-corrected chi connectivity index (χ3v) is 11.8. The Balaban J connectivity index is 1.11. The second-order valence-electron chi connectivity index (χ2n) is 17.0. The lowest BCUT2D eigenvalue weighted by Crippen LogP contribution is -2.04. The van der Waals surface area contributed by atoms with Crippen molar-refractivity contribution in [3.63, 3.8) is 0 Å². The average molecular weight is 912 g/mol. The van der Waals surface area contributed by atoms with Crippen LogP contribution in [0.4, 0.5) is 0 Å². The summed E-state index contributed by atoms with van der Waals surface area (Å²) in [6.45, 7) is 6.03. The Morgan fingerprint density at radius 1 is 0.507 bits per heavy atom. The van der Waals surface area contributed by atoms with E-state index in [0.29, 0.717) is 61.1 Å². The predicted molar refractivity (Wildman–Crippen MR) is 283 cm³/mol. The molecule has 0 aliphatic carbocycles. The van der Waals surface area contributed by atoms with Crippen LogP contribution in [0.25, 0.3) is 66.8 Å². The minimum atomic E-state index is -3.27. The molecule has 0 unspecified atom stereocenters. The molecule has 0 spiro atoms. The van der Waals surface area contributed by atoms with Crippen molar-refractivity contribution in [3.05, 3.63) is 232 Å². The van der Waals surface area contributed by atoms with Crippen LogP contribution < -0.4 is 0 Å². The Hall–Kier alpha value is -7.94. The van der Waals surface area contributed by atoms with Crippen LogP contribution in [0.2, 0.25) is 0 Å². The van der Waals surface area contributed by atoms with Crippen molar-refractivity contribution in [1.29, 1.82) is 5.26 Å². The van der Waals surface area contributed by atoms with Gasteiger partial charge in [-0.1, -0.05) is 155 Å². The second-order valence-corrected chi connectivity index (χ2v) is 17.0. The van der Waals surface area contributed by atoms with Crippen molar-refractivity contribution in [1.82, 2.24) is 15.0 Å². The molecule has 4 heterocycles. The highest BCUT2D eigenvalue weighted by Crippen LogP contribution is 2.41. The largest absolute Gasteiger partial charge is 0.455 e. The van der Waals surface area contributed by atoms with Crippen molar-refractivity contribution < 1.29 is 25.0 Å². The fourth-order valence-corrected chi connectivity index (χ4v) is 8.33. The molecule has 0 aliphatic rings. The molecule has 10 aromatic rings. The molecule has 0 aliphatic heterocycles. The lowest BCUT2D eigenvalue weighted by Gasteiger charge is -2.16. The summed E-state index contributed by atoms with van der Waals surface area (Å²) in [5.41, 5.74) is 1.87. The number of pyridine rings is 3. The first-order chi connectivity index (χ1) is 39.3. The minimum absolute atomic E-state index is 0.000186. The van der Waals surface area contributed by atoms with Crippen LogP contribution in [0.3, 0.4) is 0 Å². The number of aryl methyl sites for hydroxylation is 6. The molecule has 5 heteroatoms. The Kier molecular flexibility index (Phi) is 8.87. The third kappa shape index (κ3) is 9.76. The van der Waals surface area contributed by atoms with Gasteiger partial charge < -0.3 is 4.42 Å². The number of para-hydroxylation sites is 1. The van der Waals surface area contributed by atoms with E-state index in [0.717, 1.165) is 36.8 Å². The highest BCUT2D eigenvalue weighted by atomic mass is 16.3. The number of nitriles is 1. The summed E-state index contributed by atoms with van der Waals surface area (Å²) in [4.78, 5) is 13.6. The van der Waals surface area contributed by atoms with Crippen LogP contribution in [-0.4, -0.2) is 15.0 Å². The van der Waals surface area contributed by atoms with Gasteiger partial charge in [-0.05, 0) is 136 Å². The van der Waals surface area contributed by atoms with Gasteiger partial charge in [0.2, 0.25) is 0 Å². The Morgan fingerprint density at radius 2 is 1.00 bits per heavy atom. The maximum absolute atomic E-state index is 10.2. The fraction of sp³-hybridized carbons (Fsp3) is 0.188. The molecule has 6 aromatic carbocycles. The summed E-state index contributed by atoms with van der Waals surface area (Å²) in [7, 11) is 0. The van der Waals surface area contributed by atoms with Gasteiger partial charge >= 0.3 is 0 Å². The van der Waals surface area contributed by atoms with Crippen LogP contribution in [0.5, 0.6) is 0 Å². The number of fused-ring (bicyclic) bond motifs is 3. The molecule has 0 saturated heterocycles. The minimum Gasteiger partial charge on any atom is -0.455 e. The molecule has 338 valence electrons. The van der Waals surface area contributed by atoms with Crippen molar-refractivity contribution >= 4 is 21.9 Å². The number of nitrogens with zero attached hydrogens (tertiary/aromatic N) is 4. The first-order valence-corrected chi connectivity index (χ1v) is 22.5. The quantitative estimate of drug-likeness (QED) is 0.102. The van der Waals surface area contributed by atoms with Crippen LogP contribution >= 0.6 is 0 Å². The summed E-state index contributed by atoms with van der Waals surface area (Å²) in [6.07, 6.45) is -15.7. The van der Waals surface area contributed by atoms with E-state index in [4.69, 9.17) is 8.53 Å². The van der Waals surface area contributed by atoms with E-state index >= 15 is 0 Å². The molecule has 4 aromatic heterocycles. The highest BCUT2D eigenvalue weighted by molar-refractivity contribution is 6.13. The number of aromatic nitrogens is 3. The number of furan rings is 1. The van der Waals surface area contributed by atoms with Gasteiger partial charge in [0.25, 0.3) is 0 Å². The van der Waals surface area contributed by atoms with Gasteiger partial charge in [0.1, 0.15) is 11.2 Å². The lowest BCUT2D eigenvalue weighted by atomic mass is 9.90. The smallest absolute Gasteiger partial charge is 0.144 e. The molecular formula is C64H56N4O. The lowest BCUT2D eigenvalue weighted by molar-refractivity contribution is 0.670. The van der Waals surface area contributed by atoms with E-state index in [1.807, 2.05) is 42.5 Å². The molecule has 0 radical (unpaired) electrons. The Labute approximate surface area is 427 Å². The summed E-state index contributed by atoms with van der Waals surface area (Å²) >= 11 is 0. The van der Waals surface area contributed by atoms with Crippen molar-refractivity contribution in [2.75, 3.05) is 0 Å². The van der Waals surface area contributed by atoms with E-state index in [2.05, 4.69) is 21.0 Å². The van der Waals surface area contributed by atoms with Gasteiger partial charge in [0, 0.05) is 70.8 Å². The SMILES string of the molecule is [2H]c1cc2c(oc3c(-c4ccc(C([2H])([2H])C([2H])([2H])c5cc(C([2H])([2H])C([2H])([2H])c6cnc(-c7ccccc7)cc6C([2H])(C)C)cc(C([2H])([2H])C([2H])([2H])c6cnc(-c7ccccc7)cc6C([2H])(C)C)c5)cn4)cccc32)c(-c2ccccc2)c1C#N. The normalized spacial score (nSPS) is 16.2. The monoisotopic (exact) mass is 912 g/mol. The van der Waals surface area contributed by atoms with Gasteiger partial charge in [-0.15, -0.1) is 0 Å². The Morgan fingerprint density at radius 3 is 1.51 bits per heavy atom. The standard InChI is InChI=1S/C64H56N4O/c1-42(2)57-36-60(48-15-8-5-9-16-48)67-40-52(57)28-25-46-33-45(34-47(35-46)26-29-53-41-68-61(37-58(53)43(3)4)49-17-10-6-11-18-49)24-23-44-27-32-59(66-39-44)56-22-14-21-54-55-31-30-51(38-65)62(64(55)69-63(54)56)50-19-12-7-13-20-50/h5-22,27,30-37,39-43H,23-26,28-29H2,1-4H3/i23D2,24D2,25D2,26D2,28D2,29D2,30D,42D,43D. The van der Waals surface area contributed by atoms with Crippen LogP contribution in [-0.2, 0) is 38.2 Å². The number of hydrogen-bond acceptors (Lipinski definition) is 5. The second kappa shape index (κ2) is 20.1. The number of rotatable bonds is 15. The van der Waals surface area contributed by atoms with Gasteiger partial charge in [-0.25, -0.2) is 0 Å². The van der Waals surface area contributed by atoms with Crippen molar-refractivity contribution in [3.8, 4) is 51.0 Å². The van der Waals surface area contributed by atoms with E-state index in [1.165, 1.54) is 52.0 Å².